The maximum atomic E-state index is 5.55. The first kappa shape index (κ1) is 10.9. The first-order valence-corrected chi connectivity index (χ1v) is 6.11. The Morgan fingerprint density at radius 2 is 2.53 bits per heavy atom. The third-order valence-electron chi connectivity index (χ3n) is 2.54. The van der Waals surface area contributed by atoms with Crippen molar-refractivity contribution in [2.75, 3.05) is 18.5 Å². The fourth-order valence-corrected chi connectivity index (χ4v) is 2.13. The van der Waals surface area contributed by atoms with Gasteiger partial charge in [-0.15, -0.1) is 0 Å². The van der Waals surface area contributed by atoms with Gasteiger partial charge in [0, 0.05) is 19.3 Å². The van der Waals surface area contributed by atoms with Crippen molar-refractivity contribution < 1.29 is 4.74 Å². The monoisotopic (exact) mass is 270 g/mol. The summed E-state index contributed by atoms with van der Waals surface area (Å²) in [7, 11) is 0. The van der Waals surface area contributed by atoms with Crippen molar-refractivity contribution in [3.8, 4) is 0 Å². The Bertz CT molecular complexity index is 313. The van der Waals surface area contributed by atoms with Gasteiger partial charge in [0.15, 0.2) is 0 Å². The fraction of sp³-hybridized carbons (Fsp3) is 0.545. The highest BCUT2D eigenvalue weighted by atomic mass is 79.9. The highest BCUT2D eigenvalue weighted by Gasteiger charge is 2.14. The smallest absolute Gasteiger partial charge is 0.140 e. The van der Waals surface area contributed by atoms with Gasteiger partial charge in [0.1, 0.15) is 5.82 Å². The molecule has 15 heavy (non-hydrogen) atoms. The van der Waals surface area contributed by atoms with Crippen LogP contribution in [0.5, 0.6) is 0 Å². The average molecular weight is 271 g/mol. The molecule has 3 nitrogen and oxygen atoms in total. The van der Waals surface area contributed by atoms with Crippen molar-refractivity contribution in [2.24, 2.45) is 0 Å². The van der Waals surface area contributed by atoms with Gasteiger partial charge in [-0.1, -0.05) is 0 Å². The van der Waals surface area contributed by atoms with Crippen LogP contribution < -0.4 is 5.32 Å². The molecule has 0 bridgehead atoms. The fourth-order valence-electron chi connectivity index (χ4n) is 1.74. The number of ether oxygens (including phenoxy) is 1. The lowest BCUT2D eigenvalue weighted by Crippen LogP contribution is -2.13. The van der Waals surface area contributed by atoms with E-state index < -0.39 is 0 Å². The van der Waals surface area contributed by atoms with E-state index in [1.165, 1.54) is 12.8 Å². The summed E-state index contributed by atoms with van der Waals surface area (Å²) in [5.74, 6) is 0.912. The number of hydrogen-bond acceptors (Lipinski definition) is 3. The molecular formula is C11H15BrN2O. The van der Waals surface area contributed by atoms with Crippen LogP contribution in [0.4, 0.5) is 5.82 Å². The molecule has 4 heteroatoms. The van der Waals surface area contributed by atoms with Crippen LogP contribution >= 0.6 is 15.9 Å². The van der Waals surface area contributed by atoms with Gasteiger partial charge in [-0.2, -0.15) is 0 Å². The Hall–Kier alpha value is -0.610. The molecule has 1 fully saturated rings. The molecule has 0 amide bonds. The second-order valence-corrected chi connectivity index (χ2v) is 4.54. The van der Waals surface area contributed by atoms with E-state index in [0.717, 1.165) is 29.9 Å². The molecule has 2 heterocycles. The number of aromatic nitrogens is 1. The summed E-state index contributed by atoms with van der Waals surface area (Å²) < 4.78 is 6.56. The largest absolute Gasteiger partial charge is 0.378 e. The minimum atomic E-state index is 0.444. The summed E-state index contributed by atoms with van der Waals surface area (Å²) in [5.41, 5.74) is 0. The number of anilines is 1. The Balaban J connectivity index is 1.75. The molecule has 1 aliphatic heterocycles. The summed E-state index contributed by atoms with van der Waals surface area (Å²) in [5, 5.41) is 3.30. The molecule has 0 radical (unpaired) electrons. The number of pyridine rings is 1. The van der Waals surface area contributed by atoms with Crippen LogP contribution in [0.1, 0.15) is 19.3 Å². The zero-order valence-corrected chi connectivity index (χ0v) is 10.2. The van der Waals surface area contributed by atoms with Gasteiger partial charge in [0.25, 0.3) is 0 Å². The van der Waals surface area contributed by atoms with E-state index in [9.17, 15) is 0 Å². The van der Waals surface area contributed by atoms with Gasteiger partial charge in [0.05, 0.1) is 10.6 Å². The molecule has 1 atom stereocenters. The maximum absolute atomic E-state index is 5.55. The molecule has 1 aromatic rings. The summed E-state index contributed by atoms with van der Waals surface area (Å²) in [4.78, 5) is 4.24. The first-order valence-electron chi connectivity index (χ1n) is 5.32. The van der Waals surface area contributed by atoms with E-state index in [1.54, 1.807) is 6.20 Å². The van der Waals surface area contributed by atoms with E-state index in [1.807, 2.05) is 12.1 Å². The molecule has 1 N–H and O–H groups in total. The van der Waals surface area contributed by atoms with Crippen LogP contribution in [0.2, 0.25) is 0 Å². The van der Waals surface area contributed by atoms with E-state index in [4.69, 9.17) is 4.74 Å². The van der Waals surface area contributed by atoms with Crippen molar-refractivity contribution in [3.63, 3.8) is 0 Å². The third-order valence-corrected chi connectivity index (χ3v) is 3.18. The molecule has 1 aliphatic rings. The van der Waals surface area contributed by atoms with Crippen molar-refractivity contribution in [1.82, 2.24) is 4.98 Å². The van der Waals surface area contributed by atoms with Gasteiger partial charge >= 0.3 is 0 Å². The molecule has 82 valence electrons. The number of hydrogen-bond donors (Lipinski definition) is 1. The molecule has 1 unspecified atom stereocenters. The minimum Gasteiger partial charge on any atom is -0.378 e. The molecule has 1 saturated heterocycles. The van der Waals surface area contributed by atoms with Crippen molar-refractivity contribution in [1.29, 1.82) is 0 Å². The Labute approximate surface area is 98.4 Å². The Morgan fingerprint density at radius 1 is 1.60 bits per heavy atom. The molecule has 2 rings (SSSR count). The molecular weight excluding hydrogens is 256 g/mol. The zero-order chi connectivity index (χ0) is 10.5. The van der Waals surface area contributed by atoms with E-state index >= 15 is 0 Å². The predicted octanol–water partition coefficient (Wildman–Crippen LogP) is 2.83. The summed E-state index contributed by atoms with van der Waals surface area (Å²) >= 11 is 3.45. The second kappa shape index (κ2) is 5.47. The zero-order valence-electron chi connectivity index (χ0n) is 8.58. The van der Waals surface area contributed by atoms with Gasteiger partial charge in [-0.25, -0.2) is 4.98 Å². The van der Waals surface area contributed by atoms with Gasteiger partial charge in [-0.05, 0) is 47.3 Å². The van der Waals surface area contributed by atoms with Crippen LogP contribution in [0.3, 0.4) is 0 Å². The highest BCUT2D eigenvalue weighted by Crippen LogP contribution is 2.19. The molecule has 0 spiro atoms. The summed E-state index contributed by atoms with van der Waals surface area (Å²) in [6.45, 7) is 1.85. The lowest BCUT2D eigenvalue weighted by molar-refractivity contribution is 0.107. The molecule has 0 aromatic carbocycles. The van der Waals surface area contributed by atoms with E-state index in [-0.39, 0.29) is 0 Å². The van der Waals surface area contributed by atoms with Crippen LogP contribution in [0.25, 0.3) is 0 Å². The SMILES string of the molecule is Brc1cccnc1NCCC1CCCO1. The molecule has 0 aliphatic carbocycles. The lowest BCUT2D eigenvalue weighted by Gasteiger charge is -2.11. The molecule has 0 saturated carbocycles. The van der Waals surface area contributed by atoms with Crippen molar-refractivity contribution >= 4 is 21.7 Å². The van der Waals surface area contributed by atoms with Crippen molar-refractivity contribution in [2.45, 2.75) is 25.4 Å². The first-order chi connectivity index (χ1) is 7.36. The normalized spacial score (nSPS) is 20.5. The Morgan fingerprint density at radius 3 is 3.27 bits per heavy atom. The van der Waals surface area contributed by atoms with Gasteiger partial charge in [-0.3, -0.25) is 0 Å². The van der Waals surface area contributed by atoms with Crippen LogP contribution in [-0.2, 0) is 4.74 Å². The van der Waals surface area contributed by atoms with E-state index in [2.05, 4.69) is 26.2 Å². The highest BCUT2D eigenvalue weighted by molar-refractivity contribution is 9.10. The van der Waals surface area contributed by atoms with E-state index in [0.29, 0.717) is 6.10 Å². The van der Waals surface area contributed by atoms with Crippen LogP contribution in [0, 0.1) is 0 Å². The molecule has 1 aromatic heterocycles. The number of halogens is 1. The van der Waals surface area contributed by atoms with Crippen LogP contribution in [-0.4, -0.2) is 24.2 Å². The summed E-state index contributed by atoms with van der Waals surface area (Å²) in [6.07, 6.45) is 5.70. The summed E-state index contributed by atoms with van der Waals surface area (Å²) in [6, 6.07) is 3.90. The second-order valence-electron chi connectivity index (χ2n) is 3.68. The van der Waals surface area contributed by atoms with Gasteiger partial charge in [0.2, 0.25) is 0 Å². The number of nitrogens with zero attached hydrogens (tertiary/aromatic N) is 1. The quantitative estimate of drug-likeness (QED) is 0.914. The number of rotatable bonds is 4. The standard InChI is InChI=1S/C11H15BrN2O/c12-10-4-1-6-13-11(10)14-7-5-9-3-2-8-15-9/h1,4,6,9H,2-3,5,7-8H2,(H,13,14). The lowest BCUT2D eigenvalue weighted by atomic mass is 10.2. The minimum absolute atomic E-state index is 0.444. The predicted molar refractivity (Wildman–Crippen MR) is 64.0 cm³/mol. The average Bonchev–Trinajstić information content (AvgIpc) is 2.74. The topological polar surface area (TPSA) is 34.2 Å². The maximum Gasteiger partial charge on any atom is 0.140 e. The van der Waals surface area contributed by atoms with Crippen LogP contribution in [0.15, 0.2) is 22.8 Å². The third kappa shape index (κ3) is 3.18. The number of nitrogens with one attached hydrogen (secondary N) is 1. The van der Waals surface area contributed by atoms with Crippen molar-refractivity contribution in [3.05, 3.63) is 22.8 Å². The van der Waals surface area contributed by atoms with Gasteiger partial charge < -0.3 is 10.1 Å². The Kier molecular flexibility index (Phi) is 3.97.